The molecule has 0 unspecified atom stereocenters. The lowest BCUT2D eigenvalue weighted by molar-refractivity contribution is 0.224. The minimum atomic E-state index is -0.244. The van der Waals surface area contributed by atoms with E-state index in [4.69, 9.17) is 0 Å². The number of rotatable bonds is 2. The average Bonchev–Trinajstić information content (AvgIpc) is 2.28. The van der Waals surface area contributed by atoms with E-state index in [2.05, 4.69) is 10.7 Å². The highest BCUT2D eigenvalue weighted by molar-refractivity contribution is 6.01. The van der Waals surface area contributed by atoms with Crippen molar-refractivity contribution in [2.75, 3.05) is 19.4 Å². The van der Waals surface area contributed by atoms with E-state index in [1.165, 1.54) is 0 Å². The second-order valence-electron chi connectivity index (χ2n) is 3.99. The van der Waals surface area contributed by atoms with Gasteiger partial charge in [-0.3, -0.25) is 5.43 Å². The second-order valence-corrected chi connectivity index (χ2v) is 3.99. The van der Waals surface area contributed by atoms with Crippen LogP contribution in [0.1, 0.15) is 0 Å². The van der Waals surface area contributed by atoms with Crippen molar-refractivity contribution in [3.63, 3.8) is 0 Å². The molecule has 0 bridgehead atoms. The Morgan fingerprint density at radius 1 is 1.06 bits per heavy atom. The zero-order valence-electron chi connectivity index (χ0n) is 9.90. The van der Waals surface area contributed by atoms with E-state index in [9.17, 15) is 4.79 Å². The maximum Gasteiger partial charge on any atom is 0.333 e. The lowest BCUT2D eigenvalue weighted by Crippen LogP contribution is -2.39. The van der Waals surface area contributed by atoms with Gasteiger partial charge in [0, 0.05) is 19.5 Å². The predicted octanol–water partition coefficient (Wildman–Crippen LogP) is 2.44. The van der Waals surface area contributed by atoms with Gasteiger partial charge in [0.05, 0.1) is 5.69 Å². The van der Waals surface area contributed by atoms with Crippen LogP contribution in [0.25, 0.3) is 10.8 Å². The Morgan fingerprint density at radius 2 is 1.76 bits per heavy atom. The van der Waals surface area contributed by atoms with E-state index in [0.717, 1.165) is 16.5 Å². The molecule has 2 amide bonds. The lowest BCUT2D eigenvalue weighted by Gasteiger charge is -2.14. The van der Waals surface area contributed by atoms with Gasteiger partial charge in [0.2, 0.25) is 0 Å². The Morgan fingerprint density at radius 3 is 2.53 bits per heavy atom. The fraction of sp³-hybridized carbons (Fsp3) is 0.154. The van der Waals surface area contributed by atoms with Crippen LogP contribution in [0, 0.1) is 0 Å². The third kappa shape index (κ3) is 2.73. The van der Waals surface area contributed by atoms with Gasteiger partial charge >= 0.3 is 6.03 Å². The molecular weight excluding hydrogens is 214 g/mol. The normalized spacial score (nSPS) is 10.5. The smallest absolute Gasteiger partial charge is 0.306 e. The molecule has 4 nitrogen and oxygen atoms in total. The van der Waals surface area contributed by atoms with Crippen molar-refractivity contribution in [2.24, 2.45) is 0 Å². The molecule has 0 radical (unpaired) electrons. The third-order valence-corrected chi connectivity index (χ3v) is 2.36. The number of hydrogen-bond acceptors (Lipinski definition) is 2. The van der Waals surface area contributed by atoms with E-state index in [0.29, 0.717) is 0 Å². The molecule has 0 fully saturated rings. The minimum absolute atomic E-state index is 0.244. The first-order valence-corrected chi connectivity index (χ1v) is 5.39. The van der Waals surface area contributed by atoms with Crippen molar-refractivity contribution in [3.8, 4) is 0 Å². The summed E-state index contributed by atoms with van der Waals surface area (Å²) in [5, 5.41) is 6.56. The number of nitrogens with zero attached hydrogens (tertiary/aromatic N) is 1. The molecule has 0 spiro atoms. The van der Waals surface area contributed by atoms with Crippen molar-refractivity contribution in [2.45, 2.75) is 0 Å². The highest BCUT2D eigenvalue weighted by Crippen LogP contribution is 2.22. The molecule has 2 N–H and O–H groups in total. The Hall–Kier alpha value is -2.07. The van der Waals surface area contributed by atoms with Crippen LogP contribution in [0.5, 0.6) is 0 Å². The van der Waals surface area contributed by atoms with Gasteiger partial charge < -0.3 is 5.32 Å². The molecule has 4 heteroatoms. The summed E-state index contributed by atoms with van der Waals surface area (Å²) in [6.07, 6.45) is 0. The van der Waals surface area contributed by atoms with Crippen LogP contribution in [0.4, 0.5) is 10.5 Å². The summed E-state index contributed by atoms with van der Waals surface area (Å²) >= 11 is 0. The molecule has 2 aromatic rings. The highest BCUT2D eigenvalue weighted by Gasteiger charge is 2.04. The van der Waals surface area contributed by atoms with Gasteiger partial charge in [0.1, 0.15) is 0 Å². The van der Waals surface area contributed by atoms with Gasteiger partial charge in [-0.2, -0.15) is 0 Å². The summed E-state index contributed by atoms with van der Waals surface area (Å²) < 4.78 is 0. The van der Waals surface area contributed by atoms with Crippen LogP contribution >= 0.6 is 0 Å². The van der Waals surface area contributed by atoms with E-state index in [-0.39, 0.29) is 6.03 Å². The van der Waals surface area contributed by atoms with Gasteiger partial charge in [-0.15, -0.1) is 0 Å². The first-order valence-electron chi connectivity index (χ1n) is 5.39. The average molecular weight is 229 g/mol. The van der Waals surface area contributed by atoms with Crippen LogP contribution in [0.15, 0.2) is 42.5 Å². The Bertz CT molecular complexity index is 532. The van der Waals surface area contributed by atoms with Gasteiger partial charge in [-0.1, -0.05) is 36.4 Å². The molecule has 0 heterocycles. The zero-order chi connectivity index (χ0) is 12.3. The maximum absolute atomic E-state index is 11.6. The van der Waals surface area contributed by atoms with Crippen molar-refractivity contribution < 1.29 is 4.79 Å². The molecule has 0 aromatic heterocycles. The molecule has 88 valence electrons. The van der Waals surface area contributed by atoms with Crippen molar-refractivity contribution >= 4 is 22.5 Å². The number of hydrazine groups is 1. The number of carbonyl (C=O) groups excluding carboxylic acids is 1. The van der Waals surface area contributed by atoms with Crippen molar-refractivity contribution in [1.29, 1.82) is 0 Å². The van der Waals surface area contributed by atoms with Crippen LogP contribution in [-0.2, 0) is 0 Å². The van der Waals surface area contributed by atoms with Gasteiger partial charge in [0.25, 0.3) is 0 Å². The quantitative estimate of drug-likeness (QED) is 0.777. The zero-order valence-corrected chi connectivity index (χ0v) is 9.90. The monoisotopic (exact) mass is 229 g/mol. The number of nitrogens with one attached hydrogen (secondary N) is 2. The lowest BCUT2D eigenvalue weighted by atomic mass is 10.1. The van der Waals surface area contributed by atoms with Crippen LogP contribution in [0.3, 0.4) is 0 Å². The fourth-order valence-electron chi connectivity index (χ4n) is 1.69. The Kier molecular flexibility index (Phi) is 3.25. The van der Waals surface area contributed by atoms with Gasteiger partial charge in [-0.05, 0) is 11.5 Å². The third-order valence-electron chi connectivity index (χ3n) is 2.36. The SMILES string of the molecule is CN(C)NC(=O)Nc1cccc2ccccc12. The summed E-state index contributed by atoms with van der Waals surface area (Å²) in [6, 6.07) is 13.5. The first kappa shape index (κ1) is 11.4. The molecule has 2 aromatic carbocycles. The first-order chi connectivity index (χ1) is 8.16. The largest absolute Gasteiger partial charge is 0.333 e. The number of fused-ring (bicyclic) bond motifs is 1. The molecule has 17 heavy (non-hydrogen) atoms. The molecule has 0 saturated carbocycles. The van der Waals surface area contributed by atoms with Gasteiger partial charge in [-0.25, -0.2) is 9.80 Å². The number of hydrogen-bond donors (Lipinski definition) is 2. The topological polar surface area (TPSA) is 44.4 Å². The molecular formula is C13H15N3O. The Balaban J connectivity index is 2.27. The number of urea groups is 1. The molecule has 0 atom stereocenters. The van der Waals surface area contributed by atoms with Gasteiger partial charge in [0.15, 0.2) is 0 Å². The number of benzene rings is 2. The summed E-state index contributed by atoms with van der Waals surface area (Å²) in [7, 11) is 3.53. The minimum Gasteiger partial charge on any atom is -0.306 e. The summed E-state index contributed by atoms with van der Waals surface area (Å²) in [6.45, 7) is 0. The van der Waals surface area contributed by atoms with Crippen molar-refractivity contribution in [3.05, 3.63) is 42.5 Å². The summed E-state index contributed by atoms with van der Waals surface area (Å²) in [4.78, 5) is 11.6. The summed E-state index contributed by atoms with van der Waals surface area (Å²) in [5.41, 5.74) is 3.45. The number of carbonyl (C=O) groups is 1. The van der Waals surface area contributed by atoms with E-state index >= 15 is 0 Å². The number of anilines is 1. The van der Waals surface area contributed by atoms with E-state index in [1.54, 1.807) is 19.1 Å². The summed E-state index contributed by atoms with van der Waals surface area (Å²) in [5.74, 6) is 0. The van der Waals surface area contributed by atoms with Crippen LogP contribution in [0.2, 0.25) is 0 Å². The molecule has 0 aliphatic carbocycles. The molecule has 0 saturated heterocycles. The predicted molar refractivity (Wildman–Crippen MR) is 69.8 cm³/mol. The van der Waals surface area contributed by atoms with Crippen LogP contribution < -0.4 is 10.7 Å². The molecule has 0 aliphatic rings. The van der Waals surface area contributed by atoms with E-state index in [1.807, 2.05) is 42.5 Å². The van der Waals surface area contributed by atoms with Crippen LogP contribution in [-0.4, -0.2) is 25.1 Å². The maximum atomic E-state index is 11.6. The fourth-order valence-corrected chi connectivity index (χ4v) is 1.69. The van der Waals surface area contributed by atoms with E-state index < -0.39 is 0 Å². The highest BCUT2D eigenvalue weighted by atomic mass is 16.2. The van der Waals surface area contributed by atoms with Crippen molar-refractivity contribution in [1.82, 2.24) is 10.4 Å². The Labute approximate surface area is 100 Å². The number of amides is 2. The molecule has 0 aliphatic heterocycles. The standard InChI is InChI=1S/C13H15N3O/c1-16(2)15-13(17)14-12-9-5-7-10-6-3-4-8-11(10)12/h3-9H,1-2H3,(H2,14,15,17). The molecule has 2 rings (SSSR count). The second kappa shape index (κ2) is 4.84.